The third-order valence-electron chi connectivity index (χ3n) is 3.33. The Hall–Kier alpha value is -1.79. The van der Waals surface area contributed by atoms with Crippen LogP contribution in [0.25, 0.3) is 0 Å². The molecule has 0 N–H and O–H groups in total. The molecule has 0 bridgehead atoms. The number of rotatable bonds is 5. The summed E-state index contributed by atoms with van der Waals surface area (Å²) in [6, 6.07) is 0. The molecule has 2 aliphatic rings. The Morgan fingerprint density at radius 2 is 1.20 bits per heavy atom. The molecule has 2 fully saturated rings. The average molecular weight is 286 g/mol. The second-order valence-electron chi connectivity index (χ2n) is 4.91. The van der Waals surface area contributed by atoms with Crippen LogP contribution in [-0.2, 0) is 28.5 Å². The summed E-state index contributed by atoms with van der Waals surface area (Å²) >= 11 is 0. The second kappa shape index (κ2) is 5.30. The van der Waals surface area contributed by atoms with Gasteiger partial charge in [0.1, 0.15) is 0 Å². The van der Waals surface area contributed by atoms with Gasteiger partial charge in [-0.15, -0.1) is 0 Å². The lowest BCUT2D eigenvalue weighted by Gasteiger charge is -2.49. The van der Waals surface area contributed by atoms with Gasteiger partial charge in [0.2, 0.25) is 0 Å². The van der Waals surface area contributed by atoms with Crippen molar-refractivity contribution in [2.75, 3.05) is 0 Å². The van der Waals surface area contributed by atoms with Crippen LogP contribution in [0.5, 0.6) is 0 Å². The van der Waals surface area contributed by atoms with Gasteiger partial charge in [-0.25, -0.2) is 4.79 Å². The topological polar surface area (TPSA) is 88.1 Å². The highest BCUT2D eigenvalue weighted by molar-refractivity contribution is 5.80. The minimum atomic E-state index is -1.68. The highest BCUT2D eigenvalue weighted by atomic mass is 16.9. The third-order valence-corrected chi connectivity index (χ3v) is 3.33. The van der Waals surface area contributed by atoms with E-state index in [4.69, 9.17) is 18.9 Å². The lowest BCUT2D eigenvalue weighted by atomic mass is 9.94. The van der Waals surface area contributed by atoms with Crippen molar-refractivity contribution in [1.29, 1.82) is 0 Å². The molecule has 112 valence electrons. The van der Waals surface area contributed by atoms with E-state index in [-0.39, 0.29) is 25.7 Å². The van der Waals surface area contributed by atoms with Crippen LogP contribution in [0.4, 0.5) is 4.79 Å². The molecule has 0 atom stereocenters. The molecule has 0 aromatic carbocycles. The summed E-state index contributed by atoms with van der Waals surface area (Å²) < 4.78 is 20.9. The summed E-state index contributed by atoms with van der Waals surface area (Å²) in [7, 11) is 0. The van der Waals surface area contributed by atoms with Crippen LogP contribution in [0.3, 0.4) is 0 Å². The van der Waals surface area contributed by atoms with Crippen LogP contribution < -0.4 is 0 Å². The number of ether oxygens (including phenoxy) is 4. The van der Waals surface area contributed by atoms with Crippen molar-refractivity contribution in [3.05, 3.63) is 0 Å². The zero-order valence-corrected chi connectivity index (χ0v) is 11.6. The van der Waals surface area contributed by atoms with Crippen molar-refractivity contribution in [3.8, 4) is 0 Å². The number of carbonyl (C=O) groups is 3. The van der Waals surface area contributed by atoms with E-state index < -0.39 is 29.7 Å². The maximum absolute atomic E-state index is 11.7. The number of hydrogen-bond donors (Lipinski definition) is 0. The summed E-state index contributed by atoms with van der Waals surface area (Å²) in [6.45, 7) is 3.70. The highest BCUT2D eigenvalue weighted by Crippen LogP contribution is 2.46. The van der Waals surface area contributed by atoms with Gasteiger partial charge >= 0.3 is 29.7 Å². The summed E-state index contributed by atoms with van der Waals surface area (Å²) in [5.74, 6) is -4.33. The van der Waals surface area contributed by atoms with Crippen LogP contribution in [0.15, 0.2) is 0 Å². The molecule has 7 heteroatoms. The van der Waals surface area contributed by atoms with Crippen LogP contribution in [0.1, 0.15) is 52.4 Å². The fraction of sp³-hybridized carbons (Fsp3) is 0.769. The van der Waals surface area contributed by atoms with Gasteiger partial charge < -0.3 is 18.9 Å². The van der Waals surface area contributed by atoms with Crippen molar-refractivity contribution >= 4 is 18.1 Å². The van der Waals surface area contributed by atoms with Crippen molar-refractivity contribution in [2.45, 2.75) is 63.9 Å². The minimum Gasteiger partial charge on any atom is -0.414 e. The zero-order chi connectivity index (χ0) is 14.8. The fourth-order valence-electron chi connectivity index (χ4n) is 2.53. The molecule has 2 saturated heterocycles. The van der Waals surface area contributed by atoms with Gasteiger partial charge in [0.25, 0.3) is 0 Å². The van der Waals surface area contributed by atoms with E-state index >= 15 is 0 Å². The molecular weight excluding hydrogens is 268 g/mol. The van der Waals surface area contributed by atoms with E-state index in [1.807, 2.05) is 13.8 Å². The summed E-state index contributed by atoms with van der Waals surface area (Å²) in [5, 5.41) is 0. The van der Waals surface area contributed by atoms with Crippen molar-refractivity contribution in [1.82, 2.24) is 0 Å². The largest absolute Gasteiger partial charge is 0.515 e. The van der Waals surface area contributed by atoms with Gasteiger partial charge in [-0.05, 0) is 12.8 Å². The molecule has 0 aromatic rings. The van der Waals surface area contributed by atoms with Gasteiger partial charge in [0.05, 0.1) is 12.8 Å². The van der Waals surface area contributed by atoms with Crippen LogP contribution in [0, 0.1) is 0 Å². The van der Waals surface area contributed by atoms with E-state index in [0.29, 0.717) is 12.8 Å². The van der Waals surface area contributed by atoms with Gasteiger partial charge in [0, 0.05) is 12.8 Å². The fourth-order valence-corrected chi connectivity index (χ4v) is 2.53. The summed E-state index contributed by atoms with van der Waals surface area (Å²) in [4.78, 5) is 34.6. The Balaban J connectivity index is 2.37. The number of hydrogen-bond acceptors (Lipinski definition) is 7. The van der Waals surface area contributed by atoms with Crippen molar-refractivity contribution < 1.29 is 33.3 Å². The second-order valence-corrected chi connectivity index (χ2v) is 4.91. The van der Waals surface area contributed by atoms with Gasteiger partial charge in [-0.3, -0.25) is 9.59 Å². The Bertz CT molecular complexity index is 402. The first-order chi connectivity index (χ1) is 9.47. The smallest absolute Gasteiger partial charge is 0.414 e. The van der Waals surface area contributed by atoms with E-state index in [0.717, 1.165) is 0 Å². The van der Waals surface area contributed by atoms with Crippen LogP contribution in [0.2, 0.25) is 0 Å². The molecule has 7 nitrogen and oxygen atoms in total. The van der Waals surface area contributed by atoms with Gasteiger partial charge in [-0.2, -0.15) is 0 Å². The maximum Gasteiger partial charge on any atom is 0.515 e. The van der Waals surface area contributed by atoms with E-state index in [1.54, 1.807) is 0 Å². The quantitative estimate of drug-likeness (QED) is 0.714. The molecule has 20 heavy (non-hydrogen) atoms. The molecule has 2 rings (SSSR count). The molecule has 0 saturated carbocycles. The molecule has 2 aliphatic heterocycles. The van der Waals surface area contributed by atoms with Crippen molar-refractivity contribution in [2.24, 2.45) is 0 Å². The monoisotopic (exact) mass is 286 g/mol. The molecule has 0 spiro atoms. The SMILES string of the molecule is CCCC1(C2(CCC)OC(=O)O2)OC(=O)CCC(=O)O1. The summed E-state index contributed by atoms with van der Waals surface area (Å²) in [6.07, 6.45) is 0.684. The molecule has 0 amide bonds. The molecule has 0 aromatic heterocycles. The average Bonchev–Trinajstić information content (AvgIpc) is 2.48. The standard InChI is InChI=1S/C13H18O7/c1-3-7-12(13(8-4-2)19-11(16)20-13)17-9(14)5-6-10(15)18-12/h3-8H2,1-2H3. The molecular formula is C13H18O7. The molecule has 0 radical (unpaired) electrons. The van der Waals surface area contributed by atoms with Gasteiger partial charge in [0.15, 0.2) is 0 Å². The molecule has 2 heterocycles. The van der Waals surface area contributed by atoms with Crippen LogP contribution in [-0.4, -0.2) is 29.7 Å². The van der Waals surface area contributed by atoms with Gasteiger partial charge in [-0.1, -0.05) is 13.8 Å². The first-order valence-electron chi connectivity index (χ1n) is 6.82. The lowest BCUT2D eigenvalue weighted by Crippen LogP contribution is -2.68. The first kappa shape index (κ1) is 14.6. The minimum absolute atomic E-state index is 0.0551. The molecule has 0 unspecified atom stereocenters. The Kier molecular flexibility index (Phi) is 3.87. The van der Waals surface area contributed by atoms with E-state index in [9.17, 15) is 14.4 Å². The number of esters is 2. The highest BCUT2D eigenvalue weighted by Gasteiger charge is 2.69. The third kappa shape index (κ3) is 2.32. The first-order valence-corrected chi connectivity index (χ1v) is 6.82. The van der Waals surface area contributed by atoms with Crippen LogP contribution >= 0.6 is 0 Å². The van der Waals surface area contributed by atoms with E-state index in [1.165, 1.54) is 0 Å². The predicted octanol–water partition coefficient (Wildman–Crippen LogP) is 2.03. The number of cyclic esters (lactones) is 4. The lowest BCUT2D eigenvalue weighted by molar-refractivity contribution is -0.408. The zero-order valence-electron chi connectivity index (χ0n) is 11.6. The predicted molar refractivity (Wildman–Crippen MR) is 64.3 cm³/mol. The normalized spacial score (nSPS) is 23.6. The Morgan fingerprint density at radius 1 is 0.800 bits per heavy atom. The van der Waals surface area contributed by atoms with Crippen molar-refractivity contribution in [3.63, 3.8) is 0 Å². The Labute approximate surface area is 116 Å². The summed E-state index contributed by atoms with van der Waals surface area (Å²) in [5.41, 5.74) is 0. The van der Waals surface area contributed by atoms with E-state index in [2.05, 4.69) is 0 Å². The Morgan fingerprint density at radius 3 is 1.55 bits per heavy atom. The number of carbonyl (C=O) groups excluding carboxylic acids is 3. The molecule has 0 aliphatic carbocycles. The maximum atomic E-state index is 11.7.